The molecular formula is C24H24Cl2N4O3. The zero-order chi connectivity index (χ0) is 23.5. The van der Waals surface area contributed by atoms with Crippen LogP contribution in [0.2, 0.25) is 10.0 Å². The summed E-state index contributed by atoms with van der Waals surface area (Å²) in [4.78, 5) is 18.8. The second-order valence-electron chi connectivity index (χ2n) is 7.78. The van der Waals surface area contributed by atoms with Crippen molar-refractivity contribution < 1.29 is 14.6 Å². The molecule has 2 heterocycles. The number of hydrogen-bond acceptors (Lipinski definition) is 6. The molecule has 7 nitrogen and oxygen atoms in total. The van der Waals surface area contributed by atoms with E-state index < -0.39 is 6.10 Å². The van der Waals surface area contributed by atoms with E-state index in [1.807, 2.05) is 29.2 Å². The molecule has 9 heteroatoms. The van der Waals surface area contributed by atoms with Crippen LogP contribution in [0.3, 0.4) is 0 Å². The maximum Gasteiger partial charge on any atom is 0.253 e. The molecule has 0 aliphatic carbocycles. The molecule has 172 valence electrons. The van der Waals surface area contributed by atoms with Gasteiger partial charge >= 0.3 is 0 Å². The summed E-state index contributed by atoms with van der Waals surface area (Å²) in [5.41, 5.74) is 8.78. The highest BCUT2D eigenvalue weighted by molar-refractivity contribution is 6.37. The number of aromatic hydroxyl groups is 1. The number of carbonyl (C=O) groups is 1. The first-order valence-electron chi connectivity index (χ1n) is 10.5. The minimum absolute atomic E-state index is 0.0243. The fourth-order valence-corrected chi connectivity index (χ4v) is 4.42. The number of phenolic OH excluding ortho intramolecular Hbond substituents is 1. The van der Waals surface area contributed by atoms with Crippen LogP contribution >= 0.6 is 23.2 Å². The smallest absolute Gasteiger partial charge is 0.253 e. The van der Waals surface area contributed by atoms with Gasteiger partial charge in [0.1, 0.15) is 11.9 Å². The fourth-order valence-electron chi connectivity index (χ4n) is 3.74. The first kappa shape index (κ1) is 23.2. The van der Waals surface area contributed by atoms with Crippen LogP contribution in [-0.2, 0) is 0 Å². The number of carbonyl (C=O) groups excluding carboxylic acids is 1. The van der Waals surface area contributed by atoms with E-state index in [9.17, 15) is 9.90 Å². The summed E-state index contributed by atoms with van der Waals surface area (Å²) in [6, 6.07) is 12.1. The van der Waals surface area contributed by atoms with E-state index in [1.165, 1.54) is 6.07 Å². The number of halogens is 2. The number of nitrogens with one attached hydrogen (secondary N) is 1. The van der Waals surface area contributed by atoms with Crippen molar-refractivity contribution in [1.29, 1.82) is 0 Å². The van der Waals surface area contributed by atoms with Crippen molar-refractivity contribution >= 4 is 34.9 Å². The van der Waals surface area contributed by atoms with Crippen molar-refractivity contribution in [2.24, 2.45) is 0 Å². The molecule has 1 aliphatic rings. The lowest BCUT2D eigenvalue weighted by Crippen LogP contribution is -2.46. The average Bonchev–Trinajstić information content (AvgIpc) is 2.83. The third-order valence-corrected chi connectivity index (χ3v) is 6.29. The van der Waals surface area contributed by atoms with E-state index in [-0.39, 0.29) is 22.5 Å². The Morgan fingerprint density at radius 2 is 1.85 bits per heavy atom. The van der Waals surface area contributed by atoms with Gasteiger partial charge in [0.15, 0.2) is 11.6 Å². The molecule has 1 saturated heterocycles. The van der Waals surface area contributed by atoms with Gasteiger partial charge in [-0.05, 0) is 42.8 Å². The second kappa shape index (κ2) is 9.87. The van der Waals surface area contributed by atoms with Gasteiger partial charge in [0.2, 0.25) is 0 Å². The lowest BCUT2D eigenvalue weighted by atomic mass is 10.0. The summed E-state index contributed by atoms with van der Waals surface area (Å²) < 4.78 is 6.02. The van der Waals surface area contributed by atoms with Gasteiger partial charge in [-0.15, -0.1) is 0 Å². The predicted molar refractivity (Wildman–Crippen MR) is 130 cm³/mol. The Balaban J connectivity index is 1.55. The Morgan fingerprint density at radius 1 is 1.15 bits per heavy atom. The predicted octanol–water partition coefficient (Wildman–Crippen LogP) is 4.53. The Bertz CT molecular complexity index is 1170. The number of ether oxygens (including phenoxy) is 1. The van der Waals surface area contributed by atoms with Gasteiger partial charge in [-0.25, -0.2) is 4.98 Å². The molecule has 1 atom stereocenters. The molecule has 0 radical (unpaired) electrons. The van der Waals surface area contributed by atoms with E-state index in [0.717, 1.165) is 24.2 Å². The van der Waals surface area contributed by atoms with Crippen LogP contribution in [0.1, 0.15) is 28.9 Å². The Morgan fingerprint density at radius 3 is 2.55 bits per heavy atom. The van der Waals surface area contributed by atoms with Crippen LogP contribution in [0.4, 0.5) is 5.82 Å². The number of amides is 1. The van der Waals surface area contributed by atoms with Crippen molar-refractivity contribution in [3.05, 3.63) is 69.8 Å². The fraction of sp³-hybridized carbons (Fsp3) is 0.250. The number of pyridine rings is 1. The molecule has 1 unspecified atom stereocenters. The number of piperazine rings is 1. The van der Waals surface area contributed by atoms with Gasteiger partial charge in [-0.2, -0.15) is 0 Å². The van der Waals surface area contributed by atoms with E-state index in [1.54, 1.807) is 25.3 Å². The summed E-state index contributed by atoms with van der Waals surface area (Å²) in [6.45, 7) is 4.78. The highest BCUT2D eigenvalue weighted by atomic mass is 35.5. The monoisotopic (exact) mass is 486 g/mol. The van der Waals surface area contributed by atoms with Gasteiger partial charge in [0.25, 0.3) is 5.91 Å². The van der Waals surface area contributed by atoms with Gasteiger partial charge in [0.05, 0.1) is 5.02 Å². The quantitative estimate of drug-likeness (QED) is 0.489. The van der Waals surface area contributed by atoms with Gasteiger partial charge in [0, 0.05) is 54.1 Å². The van der Waals surface area contributed by atoms with Crippen LogP contribution in [0, 0.1) is 0 Å². The number of anilines is 1. The van der Waals surface area contributed by atoms with Crippen molar-refractivity contribution in [2.75, 3.05) is 31.9 Å². The first-order valence-corrected chi connectivity index (χ1v) is 11.3. The van der Waals surface area contributed by atoms with Crippen LogP contribution < -0.4 is 15.8 Å². The van der Waals surface area contributed by atoms with E-state index in [0.29, 0.717) is 35.0 Å². The molecule has 1 aromatic heterocycles. The molecule has 0 saturated carbocycles. The van der Waals surface area contributed by atoms with E-state index in [2.05, 4.69) is 10.3 Å². The molecule has 4 rings (SSSR count). The Labute approximate surface area is 202 Å². The maximum atomic E-state index is 12.7. The van der Waals surface area contributed by atoms with Crippen LogP contribution in [0.25, 0.3) is 11.1 Å². The largest absolute Gasteiger partial charge is 0.506 e. The lowest BCUT2D eigenvalue weighted by Gasteiger charge is -2.27. The highest BCUT2D eigenvalue weighted by Gasteiger charge is 2.20. The second-order valence-corrected chi connectivity index (χ2v) is 8.57. The average molecular weight is 487 g/mol. The molecule has 1 amide bonds. The van der Waals surface area contributed by atoms with Crippen molar-refractivity contribution in [1.82, 2.24) is 15.2 Å². The molecule has 0 spiro atoms. The van der Waals surface area contributed by atoms with Crippen molar-refractivity contribution in [3.8, 4) is 22.6 Å². The molecule has 1 fully saturated rings. The number of nitrogens with two attached hydrogens (primary N) is 1. The Hall–Kier alpha value is -3.00. The molecule has 33 heavy (non-hydrogen) atoms. The minimum atomic E-state index is -0.588. The number of hydrogen-bond donors (Lipinski definition) is 3. The van der Waals surface area contributed by atoms with E-state index >= 15 is 0 Å². The third-order valence-electron chi connectivity index (χ3n) is 5.57. The number of phenols is 1. The number of rotatable bonds is 5. The minimum Gasteiger partial charge on any atom is -0.506 e. The summed E-state index contributed by atoms with van der Waals surface area (Å²) in [6.07, 6.45) is 1.06. The molecular weight excluding hydrogens is 463 g/mol. The summed E-state index contributed by atoms with van der Waals surface area (Å²) in [5.74, 6) is 0.512. The van der Waals surface area contributed by atoms with Gasteiger partial charge < -0.3 is 25.8 Å². The van der Waals surface area contributed by atoms with Crippen LogP contribution in [0.5, 0.6) is 11.5 Å². The standard InChI is InChI=1S/C24H24Cl2N4O3/c1-14(21-18(25)6-7-19(31)22(21)26)33-20-12-17(13-29-23(20)27)15-2-4-16(5-3-15)24(32)30-10-8-28-9-11-30/h2-7,12-14,28,31H,8-11H2,1H3,(H2,27,29). The number of benzene rings is 2. The van der Waals surface area contributed by atoms with Crippen LogP contribution in [0.15, 0.2) is 48.7 Å². The van der Waals surface area contributed by atoms with Gasteiger partial charge in [-0.1, -0.05) is 35.3 Å². The third kappa shape index (κ3) is 5.00. The summed E-state index contributed by atoms with van der Waals surface area (Å²) in [5, 5.41) is 13.7. The lowest BCUT2D eigenvalue weighted by molar-refractivity contribution is 0.0736. The molecule has 1 aliphatic heterocycles. The maximum absolute atomic E-state index is 12.7. The summed E-state index contributed by atoms with van der Waals surface area (Å²) >= 11 is 12.5. The molecule has 3 aromatic rings. The SMILES string of the molecule is CC(Oc1cc(-c2ccc(C(=O)N3CCNCC3)cc2)cnc1N)c1c(Cl)ccc(O)c1Cl. The van der Waals surface area contributed by atoms with Crippen LogP contribution in [-0.4, -0.2) is 47.1 Å². The zero-order valence-electron chi connectivity index (χ0n) is 18.0. The van der Waals surface area contributed by atoms with Crippen molar-refractivity contribution in [3.63, 3.8) is 0 Å². The molecule has 2 aromatic carbocycles. The first-order chi connectivity index (χ1) is 15.8. The molecule has 0 bridgehead atoms. The van der Waals surface area contributed by atoms with Gasteiger partial charge in [-0.3, -0.25) is 4.79 Å². The highest BCUT2D eigenvalue weighted by Crippen LogP contribution is 2.39. The number of nitrogens with zero attached hydrogens (tertiary/aromatic N) is 2. The normalized spacial score (nSPS) is 14.7. The number of aromatic nitrogens is 1. The zero-order valence-corrected chi connectivity index (χ0v) is 19.5. The molecule has 4 N–H and O–H groups in total. The van der Waals surface area contributed by atoms with Crippen molar-refractivity contribution in [2.45, 2.75) is 13.0 Å². The Kier molecular flexibility index (Phi) is 6.93. The topological polar surface area (TPSA) is 101 Å². The van der Waals surface area contributed by atoms with E-state index in [4.69, 9.17) is 33.7 Å². The summed E-state index contributed by atoms with van der Waals surface area (Å²) in [7, 11) is 0. The number of nitrogen functional groups attached to an aromatic ring is 1.